The predicted molar refractivity (Wildman–Crippen MR) is 78.1 cm³/mol. The highest BCUT2D eigenvalue weighted by Gasteiger charge is 2.46. The Labute approximate surface area is 137 Å². The van der Waals surface area contributed by atoms with Crippen LogP contribution in [0.3, 0.4) is 0 Å². The van der Waals surface area contributed by atoms with Crippen LogP contribution in [-0.2, 0) is 13.8 Å². The van der Waals surface area contributed by atoms with E-state index in [2.05, 4.69) is 19.5 Å². The average Bonchev–Trinajstić information content (AvgIpc) is 2.95. The summed E-state index contributed by atoms with van der Waals surface area (Å²) in [7, 11) is -4.82. The number of aliphatic hydroxyl groups is 2. The van der Waals surface area contributed by atoms with Crippen molar-refractivity contribution in [2.75, 3.05) is 12.3 Å². The quantitative estimate of drug-likeness (QED) is 0.266. The number of nitrogens with one attached hydrogen (secondary N) is 1. The maximum atomic E-state index is 11.8. The van der Waals surface area contributed by atoms with Crippen LogP contribution in [0.2, 0.25) is 0 Å². The van der Waals surface area contributed by atoms with Gasteiger partial charge in [-0.05, 0) is 0 Å². The Bertz CT molecular complexity index is 906. The number of nitrogens with zero attached hydrogens (tertiary/aromatic N) is 3. The number of nitrogen functional groups attached to an aromatic ring is 1. The number of aliphatic hydroxyl groups excluding tert-OH is 2. The Kier molecular flexibility index (Phi) is 4.28. The average molecular weight is 379 g/mol. The van der Waals surface area contributed by atoms with Crippen molar-refractivity contribution < 1.29 is 38.9 Å². The molecule has 0 unspecified atom stereocenters. The van der Waals surface area contributed by atoms with Gasteiger partial charge < -0.3 is 35.6 Å². The molecule has 0 spiro atoms. The molecule has 4 atom stereocenters. The van der Waals surface area contributed by atoms with Crippen LogP contribution < -0.4 is 11.3 Å². The van der Waals surface area contributed by atoms with E-state index in [4.69, 9.17) is 20.3 Å². The zero-order valence-electron chi connectivity index (χ0n) is 12.3. The van der Waals surface area contributed by atoms with Crippen LogP contribution in [0.15, 0.2) is 4.79 Å². The molecular formula is C10H14N5O9P. The molecule has 1 fully saturated rings. The summed E-state index contributed by atoms with van der Waals surface area (Å²) in [6.45, 7) is -0.734. The summed E-state index contributed by atoms with van der Waals surface area (Å²) in [6.07, 6.45) is -6.04. The molecule has 0 aromatic carbocycles. The third-order valence-corrected chi connectivity index (χ3v) is 4.03. The number of rotatable bonds is 4. The van der Waals surface area contributed by atoms with Crippen LogP contribution in [0.5, 0.6) is 6.01 Å². The third kappa shape index (κ3) is 3.23. The number of hydrogen-bond acceptors (Lipinski definition) is 10. The van der Waals surface area contributed by atoms with Gasteiger partial charge in [-0.2, -0.15) is 9.97 Å². The van der Waals surface area contributed by atoms with Gasteiger partial charge in [-0.25, -0.2) is 9.13 Å². The minimum absolute atomic E-state index is 0.216. The van der Waals surface area contributed by atoms with E-state index in [9.17, 15) is 24.7 Å². The topological polar surface area (TPSA) is 226 Å². The lowest BCUT2D eigenvalue weighted by Gasteiger charge is -2.17. The van der Waals surface area contributed by atoms with Crippen LogP contribution in [0, 0.1) is 0 Å². The highest BCUT2D eigenvalue weighted by atomic mass is 31.2. The van der Waals surface area contributed by atoms with Crippen LogP contribution >= 0.6 is 7.82 Å². The number of aromatic amines is 1. The van der Waals surface area contributed by atoms with E-state index in [0.29, 0.717) is 0 Å². The van der Waals surface area contributed by atoms with E-state index in [1.807, 2.05) is 0 Å². The molecule has 2 aromatic heterocycles. The largest absolute Gasteiger partial charge is 0.480 e. The van der Waals surface area contributed by atoms with E-state index in [0.717, 1.165) is 4.57 Å². The van der Waals surface area contributed by atoms with Gasteiger partial charge in [0.2, 0.25) is 5.95 Å². The molecule has 0 bridgehead atoms. The van der Waals surface area contributed by atoms with Crippen molar-refractivity contribution in [2.24, 2.45) is 0 Å². The Morgan fingerprint density at radius 2 is 2.00 bits per heavy atom. The van der Waals surface area contributed by atoms with Crippen molar-refractivity contribution in [1.82, 2.24) is 19.5 Å². The van der Waals surface area contributed by atoms with E-state index in [-0.39, 0.29) is 17.1 Å². The third-order valence-electron chi connectivity index (χ3n) is 3.55. The van der Waals surface area contributed by atoms with Gasteiger partial charge in [0.15, 0.2) is 17.4 Å². The molecule has 1 aliphatic heterocycles. The number of fused-ring (bicyclic) bond motifs is 1. The van der Waals surface area contributed by atoms with E-state index < -0.39 is 50.5 Å². The van der Waals surface area contributed by atoms with Crippen molar-refractivity contribution >= 4 is 24.9 Å². The molecule has 0 saturated carbocycles. The summed E-state index contributed by atoms with van der Waals surface area (Å²) < 4.78 is 21.1. The van der Waals surface area contributed by atoms with Gasteiger partial charge in [-0.15, -0.1) is 0 Å². The molecule has 15 heteroatoms. The highest BCUT2D eigenvalue weighted by Crippen LogP contribution is 2.39. The zero-order valence-corrected chi connectivity index (χ0v) is 13.1. The summed E-state index contributed by atoms with van der Waals surface area (Å²) >= 11 is 0. The second-order valence-electron chi connectivity index (χ2n) is 5.24. The van der Waals surface area contributed by atoms with Crippen LogP contribution in [0.1, 0.15) is 6.23 Å². The van der Waals surface area contributed by atoms with E-state index in [1.165, 1.54) is 0 Å². The fourth-order valence-electron chi connectivity index (χ4n) is 2.47. The molecule has 1 aliphatic rings. The van der Waals surface area contributed by atoms with Crippen molar-refractivity contribution in [1.29, 1.82) is 0 Å². The van der Waals surface area contributed by atoms with Crippen LogP contribution in [-0.4, -0.2) is 69.5 Å². The molecule has 0 radical (unpaired) electrons. The second kappa shape index (κ2) is 6.03. The summed E-state index contributed by atoms with van der Waals surface area (Å²) in [4.78, 5) is 38.8. The molecule has 138 valence electrons. The Morgan fingerprint density at radius 1 is 1.32 bits per heavy atom. The number of aromatic hydroxyl groups is 1. The Balaban J connectivity index is 1.97. The normalized spacial score (nSPS) is 27.2. The first kappa shape index (κ1) is 17.8. The predicted octanol–water partition coefficient (Wildman–Crippen LogP) is -2.86. The number of nitrogens with two attached hydrogens (primary N) is 1. The maximum Gasteiger partial charge on any atom is 0.469 e. The maximum absolute atomic E-state index is 11.8. The molecule has 8 N–H and O–H groups in total. The summed E-state index contributed by atoms with van der Waals surface area (Å²) in [6, 6.07) is -0.744. The first-order valence-corrected chi connectivity index (χ1v) is 8.30. The number of ether oxygens (including phenoxy) is 1. The Morgan fingerprint density at radius 3 is 2.64 bits per heavy atom. The number of phosphoric ester groups is 1. The lowest BCUT2D eigenvalue weighted by molar-refractivity contribution is -0.0530. The van der Waals surface area contributed by atoms with Gasteiger partial charge in [-0.1, -0.05) is 0 Å². The lowest BCUT2D eigenvalue weighted by atomic mass is 10.1. The van der Waals surface area contributed by atoms with Gasteiger partial charge in [0.1, 0.15) is 18.3 Å². The minimum Gasteiger partial charge on any atom is -0.480 e. The molecular weight excluding hydrogens is 365 g/mol. The van der Waals surface area contributed by atoms with E-state index >= 15 is 0 Å². The van der Waals surface area contributed by atoms with Crippen molar-refractivity contribution in [3.63, 3.8) is 0 Å². The molecule has 0 aliphatic carbocycles. The monoisotopic (exact) mass is 379 g/mol. The highest BCUT2D eigenvalue weighted by molar-refractivity contribution is 7.46. The van der Waals surface area contributed by atoms with Gasteiger partial charge in [0.25, 0.3) is 11.6 Å². The minimum atomic E-state index is -4.82. The summed E-state index contributed by atoms with van der Waals surface area (Å²) in [5.74, 6) is -0.284. The summed E-state index contributed by atoms with van der Waals surface area (Å²) in [5.41, 5.74) is 4.19. The van der Waals surface area contributed by atoms with Gasteiger partial charge in [0, 0.05) is 0 Å². The van der Waals surface area contributed by atoms with Crippen LogP contribution in [0.4, 0.5) is 5.95 Å². The molecule has 3 rings (SSSR count). The smallest absolute Gasteiger partial charge is 0.469 e. The fraction of sp³-hybridized carbons (Fsp3) is 0.500. The second-order valence-corrected chi connectivity index (χ2v) is 6.48. The number of hydrogen-bond donors (Lipinski definition) is 7. The van der Waals surface area contributed by atoms with E-state index in [1.54, 1.807) is 0 Å². The van der Waals surface area contributed by atoms with Crippen LogP contribution in [0.25, 0.3) is 11.2 Å². The van der Waals surface area contributed by atoms with Crippen molar-refractivity contribution in [3.8, 4) is 6.01 Å². The first-order valence-electron chi connectivity index (χ1n) is 6.77. The molecule has 2 aromatic rings. The number of aromatic nitrogens is 4. The number of anilines is 1. The molecule has 14 nitrogen and oxygen atoms in total. The lowest BCUT2D eigenvalue weighted by Crippen LogP contribution is -2.33. The molecule has 3 heterocycles. The molecule has 25 heavy (non-hydrogen) atoms. The van der Waals surface area contributed by atoms with Gasteiger partial charge in [-0.3, -0.25) is 14.3 Å². The van der Waals surface area contributed by atoms with Crippen molar-refractivity contribution in [2.45, 2.75) is 24.5 Å². The SMILES string of the molecule is Nc1nc2c(nc(O)n2[C@@H]2O[C@H](COP(=O)(O)O)[C@@H](O)[C@H]2O)c(=O)[nH]1. The standard InChI is InChI=1S/C10H14N5O9P/c11-9-13-6-3(7(18)14-9)12-10(19)15(6)8-5(17)4(16)2(24-8)1-23-25(20,21)22/h2,4-5,8,16-17H,1H2,(H,12,19)(H2,20,21,22)(H3,11,13,14,18)/t2-,4-,5-,8-/m1/s1. The van der Waals surface area contributed by atoms with Crippen molar-refractivity contribution in [3.05, 3.63) is 10.4 Å². The molecule has 0 amide bonds. The summed E-state index contributed by atoms with van der Waals surface area (Å²) in [5, 5.41) is 30.0. The fourth-order valence-corrected chi connectivity index (χ4v) is 2.82. The van der Waals surface area contributed by atoms with Gasteiger partial charge in [0.05, 0.1) is 6.61 Å². The number of phosphoric acid groups is 1. The number of H-pyrrole nitrogens is 1. The zero-order chi connectivity index (χ0) is 18.5. The molecule has 1 saturated heterocycles. The first-order chi connectivity index (χ1) is 11.6. The number of imidazole rings is 1. The Hall–Kier alpha value is -2.06. The van der Waals surface area contributed by atoms with Gasteiger partial charge >= 0.3 is 7.82 Å².